The molecule has 1 aliphatic heterocycles. The minimum absolute atomic E-state index is 0.0208. The molecule has 0 radical (unpaired) electrons. The molecule has 1 saturated carbocycles. The lowest BCUT2D eigenvalue weighted by atomic mass is 10.1. The molecule has 0 aromatic carbocycles. The molecule has 18 heavy (non-hydrogen) atoms. The molecule has 0 aromatic heterocycles. The molecule has 1 aliphatic carbocycles. The molecule has 0 bridgehead atoms. The van der Waals surface area contributed by atoms with Gasteiger partial charge in [0.25, 0.3) is 0 Å². The Morgan fingerprint density at radius 1 is 1.28 bits per heavy atom. The van der Waals surface area contributed by atoms with E-state index in [1.54, 1.807) is 0 Å². The van der Waals surface area contributed by atoms with Crippen LogP contribution < -0.4 is 5.32 Å². The Morgan fingerprint density at radius 2 is 1.89 bits per heavy atom. The number of nitrogens with zero attached hydrogens (tertiary/aromatic N) is 1. The largest absolute Gasteiger partial charge is 0.480 e. The smallest absolute Gasteiger partial charge is 0.319 e. The second-order valence-electron chi connectivity index (χ2n) is 5.62. The van der Waals surface area contributed by atoms with Crippen molar-refractivity contribution in [3.8, 4) is 0 Å². The molecule has 1 saturated heterocycles. The highest BCUT2D eigenvalue weighted by Crippen LogP contribution is 2.46. The van der Waals surface area contributed by atoms with E-state index in [1.807, 2.05) is 6.92 Å². The molecule has 0 aromatic rings. The maximum absolute atomic E-state index is 11.9. The van der Waals surface area contributed by atoms with Gasteiger partial charge in [0, 0.05) is 12.6 Å². The molecule has 1 unspecified atom stereocenters. The van der Waals surface area contributed by atoms with Crippen LogP contribution in [0.2, 0.25) is 0 Å². The molecule has 102 valence electrons. The van der Waals surface area contributed by atoms with E-state index in [0.717, 1.165) is 19.6 Å². The fraction of sp³-hybridized carbons (Fsp3) is 0.846. The van der Waals surface area contributed by atoms with Crippen molar-refractivity contribution in [1.82, 2.24) is 10.2 Å². The van der Waals surface area contributed by atoms with E-state index < -0.39 is 11.4 Å². The first-order chi connectivity index (χ1) is 8.54. The quantitative estimate of drug-likeness (QED) is 0.713. The van der Waals surface area contributed by atoms with Crippen molar-refractivity contribution in [2.24, 2.45) is 5.41 Å². The van der Waals surface area contributed by atoms with E-state index in [4.69, 9.17) is 5.11 Å². The normalized spacial score (nSPS) is 24.3. The van der Waals surface area contributed by atoms with Gasteiger partial charge in [0.15, 0.2) is 0 Å². The van der Waals surface area contributed by atoms with E-state index in [1.165, 1.54) is 19.3 Å². The molecule has 1 heterocycles. The monoisotopic (exact) mass is 254 g/mol. The van der Waals surface area contributed by atoms with Crippen LogP contribution >= 0.6 is 0 Å². The number of nitrogens with one attached hydrogen (secondary N) is 1. The van der Waals surface area contributed by atoms with Crippen LogP contribution in [-0.2, 0) is 9.59 Å². The van der Waals surface area contributed by atoms with Crippen LogP contribution in [0.15, 0.2) is 0 Å². The Morgan fingerprint density at radius 3 is 2.39 bits per heavy atom. The van der Waals surface area contributed by atoms with Gasteiger partial charge in [-0.25, -0.2) is 0 Å². The van der Waals surface area contributed by atoms with Crippen LogP contribution in [0.25, 0.3) is 0 Å². The fourth-order valence-corrected chi connectivity index (χ4v) is 2.60. The van der Waals surface area contributed by atoms with Crippen molar-refractivity contribution in [2.75, 3.05) is 19.6 Å². The summed E-state index contributed by atoms with van der Waals surface area (Å²) in [5.41, 5.74) is -1.11. The van der Waals surface area contributed by atoms with Gasteiger partial charge < -0.3 is 15.3 Å². The predicted molar refractivity (Wildman–Crippen MR) is 67.2 cm³/mol. The predicted octanol–water partition coefficient (Wildman–Crippen LogP) is 0.842. The van der Waals surface area contributed by atoms with Gasteiger partial charge in [0.2, 0.25) is 5.91 Å². The second kappa shape index (κ2) is 5.26. The summed E-state index contributed by atoms with van der Waals surface area (Å²) in [6.45, 7) is 4.94. The van der Waals surface area contributed by atoms with Crippen molar-refractivity contribution in [3.05, 3.63) is 0 Å². The first-order valence-electron chi connectivity index (χ1n) is 6.81. The minimum atomic E-state index is -1.11. The van der Waals surface area contributed by atoms with Gasteiger partial charge in [-0.2, -0.15) is 0 Å². The van der Waals surface area contributed by atoms with Crippen LogP contribution in [0.4, 0.5) is 0 Å². The van der Waals surface area contributed by atoms with Gasteiger partial charge >= 0.3 is 5.97 Å². The van der Waals surface area contributed by atoms with Crippen LogP contribution in [0.1, 0.15) is 39.0 Å². The van der Waals surface area contributed by atoms with Gasteiger partial charge in [0.1, 0.15) is 5.41 Å². The summed E-state index contributed by atoms with van der Waals surface area (Å²) >= 11 is 0. The SMILES string of the molecule is CC(CN1CCCCC1)NC(=O)C1(C(=O)O)CC1. The molecule has 2 fully saturated rings. The summed E-state index contributed by atoms with van der Waals surface area (Å²) in [6.07, 6.45) is 4.69. The van der Waals surface area contributed by atoms with Crippen molar-refractivity contribution in [3.63, 3.8) is 0 Å². The average molecular weight is 254 g/mol. The molecule has 2 rings (SSSR count). The third kappa shape index (κ3) is 2.83. The summed E-state index contributed by atoms with van der Waals surface area (Å²) in [5.74, 6) is -1.29. The topological polar surface area (TPSA) is 69.6 Å². The number of piperidine rings is 1. The Kier molecular flexibility index (Phi) is 3.90. The van der Waals surface area contributed by atoms with E-state index in [2.05, 4.69) is 10.2 Å². The van der Waals surface area contributed by atoms with Crippen molar-refractivity contribution >= 4 is 11.9 Å². The molecule has 2 N–H and O–H groups in total. The van der Waals surface area contributed by atoms with Crippen molar-refractivity contribution in [2.45, 2.75) is 45.1 Å². The number of amides is 1. The lowest BCUT2D eigenvalue weighted by Gasteiger charge is -2.29. The van der Waals surface area contributed by atoms with E-state index in [9.17, 15) is 9.59 Å². The number of rotatable bonds is 5. The molecular formula is C13H22N2O3. The number of hydrogen-bond donors (Lipinski definition) is 2. The number of carbonyl (C=O) groups is 2. The van der Waals surface area contributed by atoms with Crippen LogP contribution in [0.5, 0.6) is 0 Å². The Balaban J connectivity index is 1.78. The third-order valence-corrected chi connectivity index (χ3v) is 3.95. The lowest BCUT2D eigenvalue weighted by Crippen LogP contribution is -2.47. The summed E-state index contributed by atoms with van der Waals surface area (Å²) in [5, 5.41) is 11.9. The summed E-state index contributed by atoms with van der Waals surface area (Å²) in [6, 6.07) is 0.0208. The molecule has 0 spiro atoms. The zero-order chi connectivity index (χ0) is 13.2. The van der Waals surface area contributed by atoms with Crippen molar-refractivity contribution < 1.29 is 14.7 Å². The Hall–Kier alpha value is -1.10. The molecule has 1 amide bonds. The van der Waals surface area contributed by atoms with Gasteiger partial charge in [-0.3, -0.25) is 9.59 Å². The minimum Gasteiger partial charge on any atom is -0.480 e. The molecule has 1 atom stereocenters. The summed E-state index contributed by atoms with van der Waals surface area (Å²) in [4.78, 5) is 25.3. The molecule has 2 aliphatic rings. The van der Waals surface area contributed by atoms with E-state index >= 15 is 0 Å². The number of hydrogen-bond acceptors (Lipinski definition) is 3. The maximum atomic E-state index is 11.9. The number of carboxylic acids is 1. The zero-order valence-corrected chi connectivity index (χ0v) is 10.9. The second-order valence-corrected chi connectivity index (χ2v) is 5.62. The van der Waals surface area contributed by atoms with Gasteiger partial charge in [-0.05, 0) is 45.7 Å². The molecular weight excluding hydrogens is 232 g/mol. The third-order valence-electron chi connectivity index (χ3n) is 3.95. The van der Waals surface area contributed by atoms with Crippen LogP contribution in [-0.4, -0.2) is 47.6 Å². The zero-order valence-electron chi connectivity index (χ0n) is 10.9. The van der Waals surface area contributed by atoms with E-state index in [-0.39, 0.29) is 11.9 Å². The highest BCUT2D eigenvalue weighted by atomic mass is 16.4. The molecule has 5 nitrogen and oxygen atoms in total. The first-order valence-corrected chi connectivity index (χ1v) is 6.81. The van der Waals surface area contributed by atoms with Gasteiger partial charge in [0.05, 0.1) is 0 Å². The number of aliphatic carboxylic acids is 1. The average Bonchev–Trinajstić information content (AvgIpc) is 3.11. The number of carbonyl (C=O) groups excluding carboxylic acids is 1. The number of carboxylic acid groups (broad SMARTS) is 1. The fourth-order valence-electron chi connectivity index (χ4n) is 2.60. The summed E-state index contributed by atoms with van der Waals surface area (Å²) in [7, 11) is 0. The standard InChI is InChI=1S/C13H22N2O3/c1-10(9-15-7-3-2-4-8-15)14-11(16)13(5-6-13)12(17)18/h10H,2-9H2,1H3,(H,14,16)(H,17,18). The first kappa shape index (κ1) is 13.3. The summed E-state index contributed by atoms with van der Waals surface area (Å²) < 4.78 is 0. The number of likely N-dealkylation sites (tertiary alicyclic amines) is 1. The highest BCUT2D eigenvalue weighted by molar-refractivity contribution is 6.04. The highest BCUT2D eigenvalue weighted by Gasteiger charge is 2.57. The van der Waals surface area contributed by atoms with Crippen LogP contribution in [0, 0.1) is 5.41 Å². The van der Waals surface area contributed by atoms with Gasteiger partial charge in [-0.15, -0.1) is 0 Å². The van der Waals surface area contributed by atoms with Crippen molar-refractivity contribution in [1.29, 1.82) is 0 Å². The van der Waals surface area contributed by atoms with Gasteiger partial charge in [-0.1, -0.05) is 6.42 Å². The Labute approximate surface area is 108 Å². The van der Waals surface area contributed by atoms with Crippen LogP contribution in [0.3, 0.4) is 0 Å². The lowest BCUT2D eigenvalue weighted by molar-refractivity contribution is -0.149. The molecule has 5 heteroatoms. The maximum Gasteiger partial charge on any atom is 0.319 e. The Bertz CT molecular complexity index is 333. The van der Waals surface area contributed by atoms with E-state index in [0.29, 0.717) is 12.8 Å².